The molecular weight excluding hydrogens is 248 g/mol. The van der Waals surface area contributed by atoms with Crippen molar-refractivity contribution in [2.24, 2.45) is 0 Å². The third-order valence-corrected chi connectivity index (χ3v) is 4.71. The average molecular weight is 268 g/mol. The van der Waals surface area contributed by atoms with E-state index >= 15 is 0 Å². The van der Waals surface area contributed by atoms with Crippen molar-refractivity contribution < 1.29 is 9.47 Å². The molecule has 1 aromatic heterocycles. The van der Waals surface area contributed by atoms with Gasteiger partial charge in [0.05, 0.1) is 17.3 Å². The van der Waals surface area contributed by atoms with Gasteiger partial charge >= 0.3 is 0 Å². The standard InChI is InChI=1S/C13H20N2O2S/c1-16-12-3-5-15(7-11-8-18-10-14-11)9-13(12)4-2-6-17-13/h8,10,12H,2-7,9H2,1H3/t12-,13-/m0/s1. The minimum Gasteiger partial charge on any atom is -0.378 e. The summed E-state index contributed by atoms with van der Waals surface area (Å²) in [4.78, 5) is 6.82. The maximum absolute atomic E-state index is 6.05. The molecule has 0 amide bonds. The topological polar surface area (TPSA) is 34.6 Å². The lowest BCUT2D eigenvalue weighted by Crippen LogP contribution is -2.56. The van der Waals surface area contributed by atoms with Gasteiger partial charge in [-0.25, -0.2) is 4.98 Å². The van der Waals surface area contributed by atoms with E-state index in [0.29, 0.717) is 0 Å². The summed E-state index contributed by atoms with van der Waals surface area (Å²) in [6.07, 6.45) is 3.59. The summed E-state index contributed by atoms with van der Waals surface area (Å²) in [5.41, 5.74) is 3.01. The zero-order valence-corrected chi connectivity index (χ0v) is 11.6. The summed E-state index contributed by atoms with van der Waals surface area (Å²) in [7, 11) is 1.81. The number of rotatable bonds is 3. The molecule has 0 aromatic carbocycles. The Kier molecular flexibility index (Phi) is 3.66. The van der Waals surface area contributed by atoms with Crippen molar-refractivity contribution >= 4 is 11.3 Å². The van der Waals surface area contributed by atoms with Crippen LogP contribution in [0.2, 0.25) is 0 Å². The van der Waals surface area contributed by atoms with Crippen molar-refractivity contribution in [3.05, 3.63) is 16.6 Å². The van der Waals surface area contributed by atoms with Gasteiger partial charge in [-0.2, -0.15) is 0 Å². The van der Waals surface area contributed by atoms with E-state index in [2.05, 4.69) is 15.3 Å². The van der Waals surface area contributed by atoms with Crippen LogP contribution in [0.4, 0.5) is 0 Å². The Morgan fingerprint density at radius 3 is 3.28 bits per heavy atom. The van der Waals surface area contributed by atoms with Crippen LogP contribution in [0.15, 0.2) is 10.9 Å². The van der Waals surface area contributed by atoms with E-state index in [4.69, 9.17) is 9.47 Å². The Bertz CT molecular complexity index is 376. The highest BCUT2D eigenvalue weighted by atomic mass is 32.1. The molecule has 3 rings (SSSR count). The van der Waals surface area contributed by atoms with Crippen LogP contribution in [0.25, 0.3) is 0 Å². The molecule has 0 saturated carbocycles. The molecule has 1 spiro atoms. The molecule has 0 N–H and O–H groups in total. The van der Waals surface area contributed by atoms with Crippen molar-refractivity contribution in [3.8, 4) is 0 Å². The van der Waals surface area contributed by atoms with Gasteiger partial charge in [-0.05, 0) is 19.3 Å². The number of ether oxygens (including phenoxy) is 2. The maximum Gasteiger partial charge on any atom is 0.107 e. The minimum atomic E-state index is -0.0664. The zero-order valence-electron chi connectivity index (χ0n) is 10.8. The first-order valence-electron chi connectivity index (χ1n) is 6.58. The molecule has 18 heavy (non-hydrogen) atoms. The Labute approximate surface area is 112 Å². The summed E-state index contributed by atoms with van der Waals surface area (Å²) in [6, 6.07) is 0. The quantitative estimate of drug-likeness (QED) is 0.839. The van der Waals surface area contributed by atoms with Crippen LogP contribution in [0.5, 0.6) is 0 Å². The number of aromatic nitrogens is 1. The summed E-state index contributed by atoms with van der Waals surface area (Å²) in [5, 5.41) is 2.13. The molecule has 2 aliphatic heterocycles. The molecule has 0 unspecified atom stereocenters. The minimum absolute atomic E-state index is 0.0664. The first-order valence-corrected chi connectivity index (χ1v) is 7.53. The fourth-order valence-electron chi connectivity index (χ4n) is 3.23. The van der Waals surface area contributed by atoms with Crippen LogP contribution in [-0.2, 0) is 16.0 Å². The number of methoxy groups -OCH3 is 1. The van der Waals surface area contributed by atoms with Gasteiger partial charge in [0.1, 0.15) is 5.60 Å². The number of thiazole rings is 1. The predicted molar refractivity (Wildman–Crippen MR) is 70.7 cm³/mol. The molecule has 0 aliphatic carbocycles. The largest absolute Gasteiger partial charge is 0.378 e. The molecular formula is C13H20N2O2S. The Hall–Kier alpha value is -0.490. The second kappa shape index (κ2) is 5.25. The van der Waals surface area contributed by atoms with Gasteiger partial charge in [-0.1, -0.05) is 0 Å². The molecule has 100 valence electrons. The van der Waals surface area contributed by atoms with Gasteiger partial charge in [-0.15, -0.1) is 11.3 Å². The number of likely N-dealkylation sites (tertiary alicyclic amines) is 1. The van der Waals surface area contributed by atoms with Crippen molar-refractivity contribution in [1.29, 1.82) is 0 Å². The van der Waals surface area contributed by atoms with Crippen LogP contribution in [0.3, 0.4) is 0 Å². The van der Waals surface area contributed by atoms with Crippen LogP contribution >= 0.6 is 11.3 Å². The Morgan fingerprint density at radius 2 is 2.61 bits per heavy atom. The predicted octanol–water partition coefficient (Wildman–Crippen LogP) is 1.91. The summed E-state index contributed by atoms with van der Waals surface area (Å²) in [5.74, 6) is 0. The van der Waals surface area contributed by atoms with E-state index in [9.17, 15) is 0 Å². The molecule has 2 aliphatic rings. The zero-order chi connectivity index (χ0) is 12.4. The molecule has 2 saturated heterocycles. The highest BCUT2D eigenvalue weighted by Crippen LogP contribution is 2.36. The second-order valence-corrected chi connectivity index (χ2v) is 5.94. The monoisotopic (exact) mass is 268 g/mol. The first kappa shape index (κ1) is 12.5. The van der Waals surface area contributed by atoms with E-state index in [-0.39, 0.29) is 11.7 Å². The highest BCUT2D eigenvalue weighted by Gasteiger charge is 2.47. The molecule has 2 atom stereocenters. The average Bonchev–Trinajstić information content (AvgIpc) is 3.02. The van der Waals surface area contributed by atoms with Gasteiger partial charge in [0, 0.05) is 38.7 Å². The number of piperidine rings is 1. The van der Waals surface area contributed by atoms with E-state index < -0.39 is 0 Å². The van der Waals surface area contributed by atoms with Crippen molar-refractivity contribution in [2.75, 3.05) is 26.8 Å². The number of hydrogen-bond donors (Lipinski definition) is 0. The van der Waals surface area contributed by atoms with Crippen LogP contribution in [0.1, 0.15) is 25.0 Å². The lowest BCUT2D eigenvalue weighted by molar-refractivity contribution is -0.145. The molecule has 2 fully saturated rings. The van der Waals surface area contributed by atoms with E-state index in [0.717, 1.165) is 45.5 Å². The highest BCUT2D eigenvalue weighted by molar-refractivity contribution is 7.07. The summed E-state index contributed by atoms with van der Waals surface area (Å²) < 4.78 is 11.7. The van der Waals surface area contributed by atoms with Gasteiger partial charge in [0.2, 0.25) is 0 Å². The number of hydrogen-bond acceptors (Lipinski definition) is 5. The van der Waals surface area contributed by atoms with E-state index in [1.54, 1.807) is 11.3 Å². The molecule has 3 heterocycles. The molecule has 5 heteroatoms. The fraction of sp³-hybridized carbons (Fsp3) is 0.769. The molecule has 4 nitrogen and oxygen atoms in total. The van der Waals surface area contributed by atoms with Gasteiger partial charge in [0.25, 0.3) is 0 Å². The first-order chi connectivity index (χ1) is 8.82. The molecule has 1 aromatic rings. The van der Waals surface area contributed by atoms with Gasteiger partial charge in [0.15, 0.2) is 0 Å². The van der Waals surface area contributed by atoms with Gasteiger partial charge in [-0.3, -0.25) is 4.90 Å². The smallest absolute Gasteiger partial charge is 0.107 e. The van der Waals surface area contributed by atoms with Crippen LogP contribution in [0, 0.1) is 0 Å². The lowest BCUT2D eigenvalue weighted by atomic mass is 9.87. The van der Waals surface area contributed by atoms with Crippen molar-refractivity contribution in [2.45, 2.75) is 37.5 Å². The maximum atomic E-state index is 6.05. The fourth-order valence-corrected chi connectivity index (χ4v) is 3.78. The van der Waals surface area contributed by atoms with E-state index in [1.165, 1.54) is 5.69 Å². The van der Waals surface area contributed by atoms with Crippen molar-refractivity contribution in [1.82, 2.24) is 9.88 Å². The normalized spacial score (nSPS) is 33.3. The molecule has 0 bridgehead atoms. The molecule has 0 radical (unpaired) electrons. The summed E-state index contributed by atoms with van der Waals surface area (Å²) >= 11 is 1.66. The second-order valence-electron chi connectivity index (χ2n) is 5.22. The SMILES string of the molecule is CO[C@H]1CCN(Cc2cscn2)C[C@@]12CCCO2. The Morgan fingerprint density at radius 1 is 1.67 bits per heavy atom. The van der Waals surface area contributed by atoms with Crippen molar-refractivity contribution in [3.63, 3.8) is 0 Å². The summed E-state index contributed by atoms with van der Waals surface area (Å²) in [6.45, 7) is 3.86. The number of nitrogens with zero attached hydrogens (tertiary/aromatic N) is 2. The Balaban J connectivity index is 1.69. The van der Waals surface area contributed by atoms with Crippen LogP contribution < -0.4 is 0 Å². The third-order valence-electron chi connectivity index (χ3n) is 4.07. The van der Waals surface area contributed by atoms with Gasteiger partial charge < -0.3 is 9.47 Å². The third kappa shape index (κ3) is 2.32. The lowest BCUT2D eigenvalue weighted by Gasteiger charge is -2.44. The van der Waals surface area contributed by atoms with E-state index in [1.807, 2.05) is 12.6 Å². The van der Waals surface area contributed by atoms with Crippen LogP contribution in [-0.4, -0.2) is 48.4 Å².